The average molecular weight is 341 g/mol. The van der Waals surface area contributed by atoms with Gasteiger partial charge in [0.05, 0.1) is 23.6 Å². The number of hydrogen-bond acceptors (Lipinski definition) is 5. The number of carbonyl (C=O) groups is 1. The number of amides is 1. The molecule has 124 valence electrons. The maximum atomic E-state index is 12.6. The summed E-state index contributed by atoms with van der Waals surface area (Å²) in [5.41, 5.74) is 1.47. The SMILES string of the molecule is CCC(C)n1nccc1NC(=O)c1sc(-c2ccccn2)nc1C. The highest BCUT2D eigenvalue weighted by molar-refractivity contribution is 7.17. The standard InChI is InChI=1S/C17H19N5OS/c1-4-11(2)22-14(8-10-19-22)21-16(23)15-12(3)20-17(24-15)13-7-5-6-9-18-13/h5-11H,4H2,1-3H3,(H,21,23). The molecule has 0 aliphatic carbocycles. The normalized spacial score (nSPS) is 12.1. The Morgan fingerprint density at radius 2 is 2.17 bits per heavy atom. The van der Waals surface area contributed by atoms with E-state index in [0.29, 0.717) is 16.4 Å². The number of nitrogens with one attached hydrogen (secondary N) is 1. The van der Waals surface area contributed by atoms with E-state index in [-0.39, 0.29) is 11.9 Å². The van der Waals surface area contributed by atoms with Gasteiger partial charge in [0, 0.05) is 12.3 Å². The first-order valence-corrected chi connectivity index (χ1v) is 8.65. The first kappa shape index (κ1) is 16.3. The molecule has 6 nitrogen and oxygen atoms in total. The van der Waals surface area contributed by atoms with Crippen LogP contribution in [-0.4, -0.2) is 25.7 Å². The first-order chi connectivity index (χ1) is 11.6. The predicted octanol–water partition coefficient (Wildman–Crippen LogP) is 3.93. The summed E-state index contributed by atoms with van der Waals surface area (Å²) in [5, 5.41) is 7.97. The lowest BCUT2D eigenvalue weighted by atomic mass is 10.3. The van der Waals surface area contributed by atoms with E-state index in [0.717, 1.165) is 17.1 Å². The third-order valence-corrected chi connectivity index (χ3v) is 4.99. The zero-order chi connectivity index (χ0) is 17.1. The van der Waals surface area contributed by atoms with E-state index in [1.54, 1.807) is 18.5 Å². The van der Waals surface area contributed by atoms with Crippen LogP contribution in [0.5, 0.6) is 0 Å². The summed E-state index contributed by atoms with van der Waals surface area (Å²) < 4.78 is 1.83. The quantitative estimate of drug-likeness (QED) is 0.763. The zero-order valence-corrected chi connectivity index (χ0v) is 14.7. The molecule has 7 heteroatoms. The van der Waals surface area contributed by atoms with Crippen LogP contribution in [0.1, 0.15) is 41.7 Å². The molecule has 3 rings (SSSR count). The van der Waals surface area contributed by atoms with Crippen molar-refractivity contribution >= 4 is 23.1 Å². The van der Waals surface area contributed by atoms with Crippen LogP contribution in [0.15, 0.2) is 36.7 Å². The van der Waals surface area contributed by atoms with Crippen molar-refractivity contribution in [2.75, 3.05) is 5.32 Å². The van der Waals surface area contributed by atoms with Gasteiger partial charge in [0.1, 0.15) is 15.7 Å². The molecule has 3 aromatic rings. The molecule has 3 aromatic heterocycles. The number of aromatic nitrogens is 4. The van der Waals surface area contributed by atoms with Gasteiger partial charge in [-0.2, -0.15) is 5.10 Å². The summed E-state index contributed by atoms with van der Waals surface area (Å²) in [7, 11) is 0. The molecule has 0 aliphatic rings. The van der Waals surface area contributed by atoms with Gasteiger partial charge in [0.2, 0.25) is 0 Å². The molecule has 0 aliphatic heterocycles. The first-order valence-electron chi connectivity index (χ1n) is 7.83. The smallest absolute Gasteiger partial charge is 0.268 e. The van der Waals surface area contributed by atoms with Crippen LogP contribution < -0.4 is 5.32 Å². The number of anilines is 1. The highest BCUT2D eigenvalue weighted by atomic mass is 32.1. The molecular weight excluding hydrogens is 322 g/mol. The lowest BCUT2D eigenvalue weighted by Crippen LogP contribution is -2.17. The molecule has 1 N–H and O–H groups in total. The number of rotatable bonds is 5. The van der Waals surface area contributed by atoms with E-state index in [9.17, 15) is 4.79 Å². The highest BCUT2D eigenvalue weighted by Gasteiger charge is 2.19. The highest BCUT2D eigenvalue weighted by Crippen LogP contribution is 2.27. The molecule has 0 spiro atoms. The van der Waals surface area contributed by atoms with E-state index in [4.69, 9.17) is 0 Å². The zero-order valence-electron chi connectivity index (χ0n) is 13.9. The third kappa shape index (κ3) is 3.21. The Hall–Kier alpha value is -2.54. The lowest BCUT2D eigenvalue weighted by molar-refractivity contribution is 0.102. The van der Waals surface area contributed by atoms with Gasteiger partial charge in [0.15, 0.2) is 0 Å². The molecule has 0 saturated carbocycles. The van der Waals surface area contributed by atoms with E-state index in [2.05, 4.69) is 34.2 Å². The van der Waals surface area contributed by atoms with Crippen molar-refractivity contribution in [3.8, 4) is 10.7 Å². The second-order valence-corrected chi connectivity index (χ2v) is 6.52. The summed E-state index contributed by atoms with van der Waals surface area (Å²) in [4.78, 5) is 22.0. The van der Waals surface area contributed by atoms with Crippen molar-refractivity contribution in [3.63, 3.8) is 0 Å². The van der Waals surface area contributed by atoms with Gasteiger partial charge < -0.3 is 5.32 Å². The Kier molecular flexibility index (Phi) is 4.71. The van der Waals surface area contributed by atoms with Gasteiger partial charge in [-0.1, -0.05) is 13.0 Å². The second-order valence-electron chi connectivity index (χ2n) is 5.52. The van der Waals surface area contributed by atoms with Crippen molar-refractivity contribution in [1.29, 1.82) is 0 Å². The van der Waals surface area contributed by atoms with Crippen LogP contribution in [-0.2, 0) is 0 Å². The van der Waals surface area contributed by atoms with Gasteiger partial charge in [-0.15, -0.1) is 11.3 Å². The van der Waals surface area contributed by atoms with E-state index < -0.39 is 0 Å². The summed E-state index contributed by atoms with van der Waals surface area (Å²) in [6.07, 6.45) is 4.35. The monoisotopic (exact) mass is 341 g/mol. The third-order valence-electron chi connectivity index (χ3n) is 3.81. The van der Waals surface area contributed by atoms with Crippen LogP contribution in [0, 0.1) is 6.92 Å². The Labute approximate surface area is 144 Å². The maximum absolute atomic E-state index is 12.6. The Bertz CT molecular complexity index is 840. The number of aryl methyl sites for hydroxylation is 1. The molecule has 0 saturated heterocycles. The summed E-state index contributed by atoms with van der Waals surface area (Å²) in [6.45, 7) is 5.99. The molecule has 0 fully saturated rings. The number of pyridine rings is 1. The summed E-state index contributed by atoms with van der Waals surface area (Å²) >= 11 is 1.35. The molecule has 3 heterocycles. The Morgan fingerprint density at radius 3 is 2.88 bits per heavy atom. The van der Waals surface area contributed by atoms with E-state index >= 15 is 0 Å². The van der Waals surface area contributed by atoms with Gasteiger partial charge >= 0.3 is 0 Å². The Morgan fingerprint density at radius 1 is 1.33 bits per heavy atom. The topological polar surface area (TPSA) is 72.7 Å². The molecule has 0 aromatic carbocycles. The summed E-state index contributed by atoms with van der Waals surface area (Å²) in [6, 6.07) is 7.68. The molecular formula is C17H19N5OS. The fourth-order valence-corrected chi connectivity index (χ4v) is 3.25. The minimum Gasteiger partial charge on any atom is -0.306 e. The number of nitrogens with zero attached hydrogens (tertiary/aromatic N) is 4. The number of thiazole rings is 1. The van der Waals surface area contributed by atoms with Crippen LogP contribution in [0.2, 0.25) is 0 Å². The van der Waals surface area contributed by atoms with Gasteiger partial charge in [0.25, 0.3) is 5.91 Å². The largest absolute Gasteiger partial charge is 0.306 e. The fraction of sp³-hybridized carbons (Fsp3) is 0.294. The van der Waals surface area contributed by atoms with Crippen molar-refractivity contribution in [2.45, 2.75) is 33.2 Å². The van der Waals surface area contributed by atoms with Gasteiger partial charge in [-0.05, 0) is 32.4 Å². The van der Waals surface area contributed by atoms with Crippen LogP contribution >= 0.6 is 11.3 Å². The second kappa shape index (κ2) is 6.92. The molecule has 0 bridgehead atoms. The van der Waals surface area contributed by atoms with Gasteiger partial charge in [-0.25, -0.2) is 9.67 Å². The molecule has 0 radical (unpaired) electrons. The maximum Gasteiger partial charge on any atom is 0.268 e. The van der Waals surface area contributed by atoms with E-state index in [1.807, 2.05) is 29.8 Å². The number of carbonyl (C=O) groups excluding carboxylic acids is 1. The lowest BCUT2D eigenvalue weighted by Gasteiger charge is -2.13. The van der Waals surface area contributed by atoms with Crippen molar-refractivity contribution in [2.24, 2.45) is 0 Å². The van der Waals surface area contributed by atoms with Crippen LogP contribution in [0.4, 0.5) is 5.82 Å². The van der Waals surface area contributed by atoms with Crippen LogP contribution in [0.3, 0.4) is 0 Å². The van der Waals surface area contributed by atoms with E-state index in [1.165, 1.54) is 11.3 Å². The average Bonchev–Trinajstić information content (AvgIpc) is 3.21. The molecule has 1 unspecified atom stereocenters. The summed E-state index contributed by atoms with van der Waals surface area (Å²) in [5.74, 6) is 0.527. The minimum atomic E-state index is -0.169. The van der Waals surface area contributed by atoms with Crippen molar-refractivity contribution in [1.82, 2.24) is 19.7 Å². The van der Waals surface area contributed by atoms with Crippen molar-refractivity contribution < 1.29 is 4.79 Å². The fourth-order valence-electron chi connectivity index (χ4n) is 2.32. The molecule has 1 amide bonds. The van der Waals surface area contributed by atoms with Crippen molar-refractivity contribution in [3.05, 3.63) is 47.2 Å². The van der Waals surface area contributed by atoms with Gasteiger partial charge in [-0.3, -0.25) is 9.78 Å². The molecule has 1 atom stereocenters. The number of hydrogen-bond donors (Lipinski definition) is 1. The predicted molar refractivity (Wildman–Crippen MR) is 95.3 cm³/mol. The van der Waals surface area contributed by atoms with Crippen LogP contribution in [0.25, 0.3) is 10.7 Å². The Balaban J connectivity index is 1.84. The minimum absolute atomic E-state index is 0.169. The molecule has 24 heavy (non-hydrogen) atoms.